The maximum absolute atomic E-state index is 14.9. The fraction of sp³-hybridized carbons (Fsp3) is 0.375. The third-order valence-corrected chi connectivity index (χ3v) is 6.43. The summed E-state index contributed by atoms with van der Waals surface area (Å²) in [4.78, 5) is 28.8. The Hall–Kier alpha value is -3.09. The van der Waals surface area contributed by atoms with Crippen molar-refractivity contribution in [2.75, 3.05) is 12.4 Å². The third kappa shape index (κ3) is 6.94. The van der Waals surface area contributed by atoms with Crippen LogP contribution in [0.4, 0.5) is 10.1 Å². The van der Waals surface area contributed by atoms with Crippen LogP contribution in [-0.4, -0.2) is 32.9 Å². The van der Waals surface area contributed by atoms with E-state index in [0.29, 0.717) is 5.56 Å². The number of hydrogen-bond donors (Lipinski definition) is 2. The number of carbonyl (C=O) groups is 2. The molecular weight excluding hydrogens is 445 g/mol. The number of esters is 1. The van der Waals surface area contributed by atoms with Crippen LogP contribution in [0, 0.1) is 17.7 Å². The molecule has 0 aliphatic carbocycles. The molecule has 33 heavy (non-hydrogen) atoms. The van der Waals surface area contributed by atoms with E-state index in [9.17, 15) is 18.2 Å². The molecule has 1 amide bonds. The van der Waals surface area contributed by atoms with Crippen molar-refractivity contribution < 1.29 is 22.9 Å². The fourth-order valence-electron chi connectivity index (χ4n) is 2.87. The number of hydrogen-bond acceptors (Lipinski definition) is 5. The van der Waals surface area contributed by atoms with Crippen LogP contribution in [0.25, 0.3) is 0 Å². The number of halogens is 1. The zero-order chi connectivity index (χ0) is 24.8. The molecule has 0 saturated carbocycles. The molecule has 0 bridgehead atoms. The van der Waals surface area contributed by atoms with Gasteiger partial charge < -0.3 is 10.1 Å². The van der Waals surface area contributed by atoms with Gasteiger partial charge >= 0.3 is 5.97 Å². The molecule has 176 valence electrons. The lowest BCUT2D eigenvalue weighted by atomic mass is 9.89. The van der Waals surface area contributed by atoms with Crippen molar-refractivity contribution >= 4 is 28.5 Å². The predicted molar refractivity (Wildman–Crippen MR) is 126 cm³/mol. The van der Waals surface area contributed by atoms with Gasteiger partial charge in [0.05, 0.1) is 34.8 Å². The summed E-state index contributed by atoms with van der Waals surface area (Å²) in [5, 5.41) is 2.68. The number of ether oxygens (including phenoxy) is 1. The second-order valence-electron chi connectivity index (χ2n) is 8.52. The number of methoxy groups -OCH3 is 1. The van der Waals surface area contributed by atoms with Gasteiger partial charge in [-0.15, -0.1) is 5.92 Å². The fourth-order valence-corrected chi connectivity index (χ4v) is 3.77. The Morgan fingerprint density at radius 1 is 1.18 bits per heavy atom. The van der Waals surface area contributed by atoms with Gasteiger partial charge in [0, 0.05) is 23.0 Å². The monoisotopic (exact) mass is 473 g/mol. The first-order valence-corrected chi connectivity index (χ1v) is 11.3. The Balaban J connectivity index is 2.39. The number of nitrogens with one attached hydrogen (secondary N) is 2. The number of nitrogens with zero attached hydrogens (tertiary/aromatic N) is 1. The van der Waals surface area contributed by atoms with E-state index in [1.807, 2.05) is 0 Å². The number of anilines is 1. The number of rotatable bonds is 7. The first-order valence-electron chi connectivity index (χ1n) is 10.2. The number of aromatic nitrogens is 1. The van der Waals surface area contributed by atoms with Crippen LogP contribution in [0.1, 0.15) is 62.7 Å². The second kappa shape index (κ2) is 10.7. The van der Waals surface area contributed by atoms with Gasteiger partial charge in [-0.25, -0.2) is 18.3 Å². The summed E-state index contributed by atoms with van der Waals surface area (Å²) in [7, 11) is -0.395. The third-order valence-electron chi connectivity index (χ3n) is 4.68. The number of amides is 1. The van der Waals surface area contributed by atoms with E-state index in [1.165, 1.54) is 37.6 Å². The van der Waals surface area contributed by atoms with Crippen molar-refractivity contribution in [3.63, 3.8) is 0 Å². The smallest absolute Gasteiger partial charge is 0.307 e. The predicted octanol–water partition coefficient (Wildman–Crippen LogP) is 3.67. The lowest BCUT2D eigenvalue weighted by Gasteiger charge is -2.33. The summed E-state index contributed by atoms with van der Waals surface area (Å²) >= 11 is 0. The van der Waals surface area contributed by atoms with Gasteiger partial charge in [-0.1, -0.05) is 5.92 Å². The Morgan fingerprint density at radius 2 is 1.88 bits per heavy atom. The summed E-state index contributed by atoms with van der Waals surface area (Å²) < 4.78 is 34.7. The molecule has 0 aliphatic rings. The minimum atomic E-state index is -1.62. The topological polar surface area (TPSA) is 97.4 Å². The van der Waals surface area contributed by atoms with E-state index >= 15 is 0 Å². The highest BCUT2D eigenvalue weighted by Crippen LogP contribution is 2.32. The highest BCUT2D eigenvalue weighted by atomic mass is 32.2. The van der Waals surface area contributed by atoms with Gasteiger partial charge in [0.2, 0.25) is 0 Å². The first kappa shape index (κ1) is 26.2. The largest absolute Gasteiger partial charge is 0.469 e. The highest BCUT2D eigenvalue weighted by molar-refractivity contribution is 7.84. The number of carbonyl (C=O) groups excluding carboxylic acids is 2. The number of benzene rings is 1. The lowest BCUT2D eigenvalue weighted by Crippen LogP contribution is -2.48. The molecule has 0 spiro atoms. The minimum Gasteiger partial charge on any atom is -0.469 e. The molecule has 0 radical (unpaired) electrons. The van der Waals surface area contributed by atoms with Crippen LogP contribution in [0.3, 0.4) is 0 Å². The summed E-state index contributed by atoms with van der Waals surface area (Å²) in [5.74, 6) is 3.87. The van der Waals surface area contributed by atoms with Crippen LogP contribution in [0.2, 0.25) is 0 Å². The van der Waals surface area contributed by atoms with E-state index in [2.05, 4.69) is 26.9 Å². The SMILES string of the molecule is CC#Cc1ccc(C(=O)Nc2ccc(F)c([C@](C)(CC(=O)OC)N[S@@](=O)C(C)(C)C)c2)nc1. The molecule has 2 aromatic rings. The molecule has 2 rings (SSSR count). The average Bonchev–Trinajstić information content (AvgIpc) is 2.74. The van der Waals surface area contributed by atoms with Gasteiger partial charge in [-0.05, 0) is 65.0 Å². The molecule has 9 heteroatoms. The Morgan fingerprint density at radius 3 is 2.42 bits per heavy atom. The van der Waals surface area contributed by atoms with Gasteiger partial charge in [-0.2, -0.15) is 0 Å². The van der Waals surface area contributed by atoms with Crippen LogP contribution in [0.15, 0.2) is 36.5 Å². The average molecular weight is 474 g/mol. The van der Waals surface area contributed by atoms with Gasteiger partial charge in [0.1, 0.15) is 11.5 Å². The molecule has 7 nitrogen and oxygen atoms in total. The van der Waals surface area contributed by atoms with Crippen molar-refractivity contribution in [3.05, 3.63) is 59.2 Å². The van der Waals surface area contributed by atoms with Crippen molar-refractivity contribution in [2.24, 2.45) is 0 Å². The van der Waals surface area contributed by atoms with Crippen LogP contribution < -0.4 is 10.0 Å². The van der Waals surface area contributed by atoms with Crippen LogP contribution in [0.5, 0.6) is 0 Å². The van der Waals surface area contributed by atoms with E-state index in [-0.39, 0.29) is 23.4 Å². The summed E-state index contributed by atoms with van der Waals surface area (Å²) in [6, 6.07) is 7.19. The van der Waals surface area contributed by atoms with Gasteiger partial charge in [0.25, 0.3) is 5.91 Å². The maximum Gasteiger partial charge on any atom is 0.307 e. The quantitative estimate of drug-likeness (QED) is 0.472. The first-order chi connectivity index (χ1) is 15.4. The molecule has 0 aliphatic heterocycles. The molecule has 0 fully saturated rings. The summed E-state index contributed by atoms with van der Waals surface area (Å²) in [6.45, 7) is 8.53. The molecule has 1 heterocycles. The standard InChI is InChI=1S/C24H28FN3O4S/c1-7-8-16-9-12-20(26-15-16)22(30)27-17-10-11-19(25)18(13-17)24(5,14-21(29)32-6)28-33(31)23(2,3)4/h9-13,15,28H,14H2,1-6H3,(H,27,30)/t24-,33-/m0/s1. The van der Waals surface area contributed by atoms with Gasteiger partial charge in [-0.3, -0.25) is 9.59 Å². The molecule has 0 saturated heterocycles. The van der Waals surface area contributed by atoms with Gasteiger partial charge in [0.15, 0.2) is 0 Å². The normalized spacial score (nSPS) is 13.8. The van der Waals surface area contributed by atoms with E-state index in [1.54, 1.807) is 40.7 Å². The highest BCUT2D eigenvalue weighted by Gasteiger charge is 2.37. The van der Waals surface area contributed by atoms with E-state index in [0.717, 1.165) is 0 Å². The lowest BCUT2D eigenvalue weighted by molar-refractivity contribution is -0.142. The maximum atomic E-state index is 14.9. The van der Waals surface area contributed by atoms with E-state index in [4.69, 9.17) is 4.74 Å². The Bertz CT molecular complexity index is 1120. The summed E-state index contributed by atoms with van der Waals surface area (Å²) in [6.07, 6.45) is 1.21. The molecule has 2 atom stereocenters. The second-order valence-corrected chi connectivity index (χ2v) is 10.5. The zero-order valence-corrected chi connectivity index (χ0v) is 20.4. The van der Waals surface area contributed by atoms with Crippen molar-refractivity contribution in [1.82, 2.24) is 9.71 Å². The van der Waals surface area contributed by atoms with E-state index < -0.39 is 39.0 Å². The molecule has 0 unspecified atom stereocenters. The van der Waals surface area contributed by atoms with Crippen LogP contribution in [-0.2, 0) is 26.1 Å². The van der Waals surface area contributed by atoms with Crippen LogP contribution >= 0.6 is 0 Å². The Labute approximate surface area is 196 Å². The molecule has 1 aromatic heterocycles. The molecule has 2 N–H and O–H groups in total. The zero-order valence-electron chi connectivity index (χ0n) is 19.5. The number of pyridine rings is 1. The molecular formula is C24H28FN3O4S. The molecule has 1 aromatic carbocycles. The van der Waals surface area contributed by atoms with Crippen molar-refractivity contribution in [3.8, 4) is 11.8 Å². The minimum absolute atomic E-state index is 0.0600. The van der Waals surface area contributed by atoms with Crippen molar-refractivity contribution in [1.29, 1.82) is 0 Å². The Kier molecular flexibility index (Phi) is 8.47. The van der Waals surface area contributed by atoms with Crippen molar-refractivity contribution in [2.45, 2.75) is 51.3 Å². The summed E-state index contributed by atoms with van der Waals surface area (Å²) in [5.41, 5.74) is -0.185.